The number of oxazole rings is 1. The predicted molar refractivity (Wildman–Crippen MR) is 59.9 cm³/mol. The van der Waals surface area contributed by atoms with Crippen LogP contribution in [0.25, 0.3) is 0 Å². The lowest BCUT2D eigenvalue weighted by molar-refractivity contribution is 0.431. The summed E-state index contributed by atoms with van der Waals surface area (Å²) >= 11 is 1.70. The summed E-state index contributed by atoms with van der Waals surface area (Å²) in [6, 6.07) is 0. The first-order valence-corrected chi connectivity index (χ1v) is 5.94. The van der Waals surface area contributed by atoms with E-state index in [0.717, 1.165) is 29.0 Å². The van der Waals surface area contributed by atoms with Crippen LogP contribution in [0.5, 0.6) is 0 Å². The normalized spacial score (nSPS) is 10.8. The number of rotatable bonds is 6. The Hall–Kier alpha value is -0.480. The molecule has 1 N–H and O–H groups in total. The van der Waals surface area contributed by atoms with E-state index < -0.39 is 0 Å². The molecule has 0 radical (unpaired) electrons. The number of aryl methyl sites for hydroxylation is 2. The summed E-state index contributed by atoms with van der Waals surface area (Å²) in [5.74, 6) is 2.02. The van der Waals surface area contributed by atoms with E-state index in [0.29, 0.717) is 0 Å². The molecule has 0 amide bonds. The molecule has 0 aliphatic rings. The van der Waals surface area contributed by atoms with Crippen molar-refractivity contribution in [1.82, 2.24) is 10.3 Å². The zero-order chi connectivity index (χ0) is 10.4. The Kier molecular flexibility index (Phi) is 5.04. The van der Waals surface area contributed by atoms with Gasteiger partial charge in [0.05, 0.1) is 5.69 Å². The summed E-state index contributed by atoms with van der Waals surface area (Å²) < 4.78 is 5.46. The van der Waals surface area contributed by atoms with Gasteiger partial charge in [-0.05, 0) is 40.3 Å². The highest BCUT2D eigenvalue weighted by molar-refractivity contribution is 7.99. The molecule has 0 atom stereocenters. The quantitative estimate of drug-likeness (QED) is 0.583. The van der Waals surface area contributed by atoms with Gasteiger partial charge in [-0.15, -0.1) is 0 Å². The summed E-state index contributed by atoms with van der Waals surface area (Å²) in [5.41, 5.74) is 1.00. The van der Waals surface area contributed by atoms with Gasteiger partial charge >= 0.3 is 0 Å². The van der Waals surface area contributed by atoms with Crippen LogP contribution in [0.15, 0.2) is 9.64 Å². The van der Waals surface area contributed by atoms with E-state index in [9.17, 15) is 0 Å². The molecule has 1 rings (SSSR count). The largest absolute Gasteiger partial charge is 0.437 e. The van der Waals surface area contributed by atoms with E-state index >= 15 is 0 Å². The first kappa shape index (κ1) is 11.6. The van der Waals surface area contributed by atoms with E-state index in [2.05, 4.69) is 10.3 Å². The number of thioether (sulfide) groups is 1. The molecule has 0 unspecified atom stereocenters. The van der Waals surface area contributed by atoms with Crippen LogP contribution in [0.4, 0.5) is 0 Å². The fraction of sp³-hybridized carbons (Fsp3) is 0.700. The maximum Gasteiger partial charge on any atom is 0.256 e. The summed E-state index contributed by atoms with van der Waals surface area (Å²) in [6.07, 6.45) is 2.41. The molecule has 0 aliphatic heterocycles. The molecule has 80 valence electrons. The highest BCUT2D eigenvalue weighted by atomic mass is 32.2. The Balaban J connectivity index is 2.18. The molecule has 0 bridgehead atoms. The van der Waals surface area contributed by atoms with Crippen molar-refractivity contribution >= 4 is 11.8 Å². The molecule has 4 heteroatoms. The maximum atomic E-state index is 5.46. The summed E-state index contributed by atoms with van der Waals surface area (Å²) in [5, 5.41) is 3.94. The van der Waals surface area contributed by atoms with E-state index in [1.165, 1.54) is 12.8 Å². The van der Waals surface area contributed by atoms with Crippen LogP contribution in [0.3, 0.4) is 0 Å². The Bertz CT molecular complexity index is 254. The second-order valence-corrected chi connectivity index (χ2v) is 4.33. The first-order chi connectivity index (χ1) is 6.74. The fourth-order valence-corrected chi connectivity index (χ4v) is 1.98. The van der Waals surface area contributed by atoms with E-state index in [-0.39, 0.29) is 0 Å². The Morgan fingerprint density at radius 2 is 2.14 bits per heavy atom. The minimum absolute atomic E-state index is 0.810. The molecule has 0 aliphatic carbocycles. The molecule has 1 heterocycles. The van der Waals surface area contributed by atoms with Crippen LogP contribution in [0, 0.1) is 13.8 Å². The number of aromatic nitrogens is 1. The molecule has 0 saturated heterocycles. The van der Waals surface area contributed by atoms with Gasteiger partial charge in [-0.1, -0.05) is 11.8 Å². The highest BCUT2D eigenvalue weighted by Crippen LogP contribution is 2.20. The standard InChI is InChI=1S/C10H18N2OS/c1-8-9(2)13-10(12-8)14-7-5-4-6-11-3/h11H,4-7H2,1-3H3. The minimum atomic E-state index is 0.810. The molecule has 0 saturated carbocycles. The fourth-order valence-electron chi connectivity index (χ4n) is 1.07. The number of nitrogens with one attached hydrogen (secondary N) is 1. The number of hydrogen-bond donors (Lipinski definition) is 1. The van der Waals surface area contributed by atoms with Crippen molar-refractivity contribution < 1.29 is 4.42 Å². The Labute approximate surface area is 89.7 Å². The lowest BCUT2D eigenvalue weighted by Gasteiger charge is -1.97. The van der Waals surface area contributed by atoms with Crippen LogP contribution in [-0.4, -0.2) is 24.3 Å². The predicted octanol–water partition coefficient (Wildman–Crippen LogP) is 2.38. The Morgan fingerprint density at radius 1 is 1.36 bits per heavy atom. The molecule has 0 spiro atoms. The molecule has 0 fully saturated rings. The molecule has 1 aromatic heterocycles. The topological polar surface area (TPSA) is 38.1 Å². The van der Waals surface area contributed by atoms with Crippen LogP contribution in [0.1, 0.15) is 24.3 Å². The smallest absolute Gasteiger partial charge is 0.256 e. The second kappa shape index (κ2) is 6.09. The van der Waals surface area contributed by atoms with Crippen molar-refractivity contribution in [1.29, 1.82) is 0 Å². The average molecular weight is 214 g/mol. The molecule has 3 nitrogen and oxygen atoms in total. The van der Waals surface area contributed by atoms with Crippen LogP contribution >= 0.6 is 11.8 Å². The third-order valence-electron chi connectivity index (χ3n) is 2.06. The van der Waals surface area contributed by atoms with Gasteiger partial charge in [0.1, 0.15) is 5.76 Å². The third-order valence-corrected chi connectivity index (χ3v) is 2.97. The van der Waals surface area contributed by atoms with Crippen LogP contribution < -0.4 is 5.32 Å². The van der Waals surface area contributed by atoms with E-state index in [1.807, 2.05) is 20.9 Å². The zero-order valence-electron chi connectivity index (χ0n) is 9.09. The van der Waals surface area contributed by atoms with Crippen molar-refractivity contribution in [2.24, 2.45) is 0 Å². The lowest BCUT2D eigenvalue weighted by Crippen LogP contribution is -2.07. The third kappa shape index (κ3) is 3.72. The SMILES string of the molecule is CNCCCCSc1nc(C)c(C)o1. The summed E-state index contributed by atoms with van der Waals surface area (Å²) in [7, 11) is 1.98. The van der Waals surface area contributed by atoms with Crippen LogP contribution in [0.2, 0.25) is 0 Å². The molecule has 1 aromatic rings. The molecule has 0 aromatic carbocycles. The van der Waals surface area contributed by atoms with Crippen molar-refractivity contribution in [3.63, 3.8) is 0 Å². The lowest BCUT2D eigenvalue weighted by atomic mass is 10.3. The van der Waals surface area contributed by atoms with E-state index in [4.69, 9.17) is 4.42 Å². The highest BCUT2D eigenvalue weighted by Gasteiger charge is 2.04. The molecular formula is C10H18N2OS. The number of unbranched alkanes of at least 4 members (excludes halogenated alkanes) is 1. The van der Waals surface area contributed by atoms with Gasteiger partial charge in [-0.2, -0.15) is 0 Å². The van der Waals surface area contributed by atoms with Gasteiger partial charge in [0.25, 0.3) is 5.22 Å². The van der Waals surface area contributed by atoms with Gasteiger partial charge < -0.3 is 9.73 Å². The molecule has 14 heavy (non-hydrogen) atoms. The van der Waals surface area contributed by atoms with Crippen molar-refractivity contribution in [3.8, 4) is 0 Å². The van der Waals surface area contributed by atoms with Gasteiger partial charge in [-0.25, -0.2) is 4.98 Å². The van der Waals surface area contributed by atoms with Crippen molar-refractivity contribution in [2.45, 2.75) is 31.9 Å². The monoisotopic (exact) mass is 214 g/mol. The molecular weight excluding hydrogens is 196 g/mol. The van der Waals surface area contributed by atoms with Gasteiger partial charge in [-0.3, -0.25) is 0 Å². The van der Waals surface area contributed by atoms with Gasteiger partial charge in [0.2, 0.25) is 0 Å². The summed E-state index contributed by atoms with van der Waals surface area (Å²) in [6.45, 7) is 5.02. The first-order valence-electron chi connectivity index (χ1n) is 4.95. The maximum absolute atomic E-state index is 5.46. The number of nitrogens with zero attached hydrogens (tertiary/aromatic N) is 1. The average Bonchev–Trinajstić information content (AvgIpc) is 2.46. The second-order valence-electron chi connectivity index (χ2n) is 3.28. The zero-order valence-corrected chi connectivity index (χ0v) is 9.91. The van der Waals surface area contributed by atoms with Crippen molar-refractivity contribution in [2.75, 3.05) is 19.3 Å². The Morgan fingerprint density at radius 3 is 2.71 bits per heavy atom. The van der Waals surface area contributed by atoms with Crippen molar-refractivity contribution in [3.05, 3.63) is 11.5 Å². The minimum Gasteiger partial charge on any atom is -0.437 e. The van der Waals surface area contributed by atoms with E-state index in [1.54, 1.807) is 11.8 Å². The summed E-state index contributed by atoms with van der Waals surface area (Å²) in [4.78, 5) is 4.31. The van der Waals surface area contributed by atoms with Crippen LogP contribution in [-0.2, 0) is 0 Å². The number of hydrogen-bond acceptors (Lipinski definition) is 4. The van der Waals surface area contributed by atoms with Gasteiger partial charge in [0.15, 0.2) is 0 Å². The van der Waals surface area contributed by atoms with Gasteiger partial charge in [0, 0.05) is 5.75 Å².